The van der Waals surface area contributed by atoms with Gasteiger partial charge in [-0.25, -0.2) is 0 Å². The van der Waals surface area contributed by atoms with E-state index in [9.17, 15) is 9.59 Å². The lowest BCUT2D eigenvalue weighted by atomic mass is 9.88. The van der Waals surface area contributed by atoms with Gasteiger partial charge in [-0.3, -0.25) is 9.59 Å². The molecule has 4 nitrogen and oxygen atoms in total. The molecule has 1 saturated heterocycles. The number of thiophene rings is 1. The molecule has 0 N–H and O–H groups in total. The third kappa shape index (κ3) is 3.44. The fourth-order valence-corrected chi connectivity index (χ4v) is 4.84. The molecule has 23 heavy (non-hydrogen) atoms. The third-order valence-electron chi connectivity index (χ3n) is 5.03. The summed E-state index contributed by atoms with van der Waals surface area (Å²) in [6.45, 7) is 5.85. The smallest absolute Gasteiger partial charge is 0.309 e. The molecule has 0 saturated carbocycles. The molecule has 3 rings (SSSR count). The van der Waals surface area contributed by atoms with E-state index >= 15 is 0 Å². The Labute approximate surface area is 141 Å². The predicted molar refractivity (Wildman–Crippen MR) is 90.8 cm³/mol. The van der Waals surface area contributed by atoms with Gasteiger partial charge in [0.1, 0.15) is 0 Å². The molecular weight excluding hydrogens is 310 g/mol. The Kier molecular flexibility index (Phi) is 5.05. The molecule has 1 aromatic rings. The Morgan fingerprint density at radius 3 is 2.74 bits per heavy atom. The van der Waals surface area contributed by atoms with Gasteiger partial charge >= 0.3 is 5.97 Å². The maximum atomic E-state index is 12.8. The second-order valence-corrected chi connectivity index (χ2v) is 7.68. The standard InChI is InChI=1S/C18H25NO3S/c1-3-22-18(21)13-6-8-19(9-7-13)17(20)15-11-23-16-10-12(2)4-5-14(15)16/h11-13H,3-10H2,1-2H3. The highest BCUT2D eigenvalue weighted by Gasteiger charge is 2.31. The normalized spacial score (nSPS) is 21.8. The van der Waals surface area contributed by atoms with Gasteiger partial charge in [0.05, 0.1) is 18.1 Å². The molecule has 1 unspecified atom stereocenters. The van der Waals surface area contributed by atoms with Gasteiger partial charge in [0.15, 0.2) is 0 Å². The molecule has 1 fully saturated rings. The average Bonchev–Trinajstić information content (AvgIpc) is 2.97. The lowest BCUT2D eigenvalue weighted by molar-refractivity contribution is -0.149. The summed E-state index contributed by atoms with van der Waals surface area (Å²) in [5, 5.41) is 2.04. The molecule has 1 atom stereocenters. The number of piperidine rings is 1. The van der Waals surface area contributed by atoms with E-state index in [0.717, 1.165) is 24.3 Å². The van der Waals surface area contributed by atoms with E-state index in [1.807, 2.05) is 17.2 Å². The van der Waals surface area contributed by atoms with Crippen LogP contribution in [0.2, 0.25) is 0 Å². The number of amides is 1. The number of nitrogens with zero attached hydrogens (tertiary/aromatic N) is 1. The Balaban J connectivity index is 1.63. The van der Waals surface area contributed by atoms with Gasteiger partial charge in [-0.1, -0.05) is 6.92 Å². The van der Waals surface area contributed by atoms with Crippen LogP contribution in [0.5, 0.6) is 0 Å². The number of ether oxygens (including phenoxy) is 1. The van der Waals surface area contributed by atoms with Crippen LogP contribution in [-0.2, 0) is 22.4 Å². The van der Waals surface area contributed by atoms with E-state index in [2.05, 4.69) is 6.92 Å². The Bertz CT molecular complexity index is 587. The summed E-state index contributed by atoms with van der Waals surface area (Å²) in [6, 6.07) is 0. The molecule has 5 heteroatoms. The van der Waals surface area contributed by atoms with Gasteiger partial charge in [0, 0.05) is 23.3 Å². The summed E-state index contributed by atoms with van der Waals surface area (Å²) >= 11 is 1.74. The maximum Gasteiger partial charge on any atom is 0.309 e. The fourth-order valence-electron chi connectivity index (χ4n) is 3.61. The number of esters is 1. The van der Waals surface area contributed by atoms with Crippen molar-refractivity contribution >= 4 is 23.2 Å². The first-order valence-electron chi connectivity index (χ1n) is 8.65. The number of likely N-dealkylation sites (tertiary alicyclic amines) is 1. The molecule has 2 aliphatic rings. The van der Waals surface area contributed by atoms with Crippen molar-refractivity contribution in [3.63, 3.8) is 0 Å². The molecular formula is C18H25NO3S. The van der Waals surface area contributed by atoms with Gasteiger partial charge < -0.3 is 9.64 Å². The molecule has 0 bridgehead atoms. The van der Waals surface area contributed by atoms with Crippen LogP contribution in [0.4, 0.5) is 0 Å². The number of carbonyl (C=O) groups excluding carboxylic acids is 2. The van der Waals surface area contributed by atoms with E-state index in [0.29, 0.717) is 32.5 Å². The van der Waals surface area contributed by atoms with Crippen molar-refractivity contribution in [2.75, 3.05) is 19.7 Å². The van der Waals surface area contributed by atoms with Crippen molar-refractivity contribution in [2.24, 2.45) is 11.8 Å². The molecule has 0 aromatic carbocycles. The van der Waals surface area contributed by atoms with Crippen molar-refractivity contribution in [2.45, 2.75) is 46.0 Å². The molecule has 1 aliphatic heterocycles. The second kappa shape index (κ2) is 7.04. The zero-order valence-electron chi connectivity index (χ0n) is 14.0. The van der Waals surface area contributed by atoms with Crippen molar-refractivity contribution in [1.82, 2.24) is 4.90 Å². The average molecular weight is 335 g/mol. The van der Waals surface area contributed by atoms with Crippen LogP contribution in [0.15, 0.2) is 5.38 Å². The third-order valence-corrected chi connectivity index (χ3v) is 6.09. The van der Waals surface area contributed by atoms with E-state index < -0.39 is 0 Å². The van der Waals surface area contributed by atoms with Crippen LogP contribution < -0.4 is 0 Å². The zero-order valence-corrected chi connectivity index (χ0v) is 14.8. The minimum absolute atomic E-state index is 0.0451. The number of carbonyl (C=O) groups is 2. The minimum atomic E-state index is -0.110. The molecule has 126 valence electrons. The SMILES string of the molecule is CCOC(=O)C1CCN(C(=O)c2csc3c2CCC(C)C3)CC1. The largest absolute Gasteiger partial charge is 0.466 e. The van der Waals surface area contributed by atoms with Gasteiger partial charge in [-0.15, -0.1) is 11.3 Å². The monoisotopic (exact) mass is 335 g/mol. The highest BCUT2D eigenvalue weighted by molar-refractivity contribution is 7.10. The Morgan fingerprint density at radius 2 is 2.04 bits per heavy atom. The van der Waals surface area contributed by atoms with Crippen LogP contribution in [0.1, 0.15) is 53.9 Å². The van der Waals surface area contributed by atoms with E-state index in [4.69, 9.17) is 4.74 Å². The number of hydrogen-bond donors (Lipinski definition) is 0. The first-order chi connectivity index (χ1) is 11.1. The van der Waals surface area contributed by atoms with Crippen LogP contribution in [0, 0.1) is 11.8 Å². The highest BCUT2D eigenvalue weighted by Crippen LogP contribution is 2.34. The van der Waals surface area contributed by atoms with Gasteiger partial charge in [-0.2, -0.15) is 0 Å². The van der Waals surface area contributed by atoms with Crippen molar-refractivity contribution < 1.29 is 14.3 Å². The predicted octanol–water partition coefficient (Wildman–Crippen LogP) is 3.29. The highest BCUT2D eigenvalue weighted by atomic mass is 32.1. The van der Waals surface area contributed by atoms with Crippen molar-refractivity contribution in [1.29, 1.82) is 0 Å². The molecule has 1 aliphatic carbocycles. The Morgan fingerprint density at radius 1 is 1.30 bits per heavy atom. The maximum absolute atomic E-state index is 12.8. The van der Waals surface area contributed by atoms with E-state index in [1.54, 1.807) is 11.3 Å². The lowest BCUT2D eigenvalue weighted by Gasteiger charge is -2.31. The summed E-state index contributed by atoms with van der Waals surface area (Å²) in [4.78, 5) is 27.9. The van der Waals surface area contributed by atoms with Crippen LogP contribution in [-0.4, -0.2) is 36.5 Å². The van der Waals surface area contributed by atoms with E-state index in [-0.39, 0.29) is 17.8 Å². The van der Waals surface area contributed by atoms with E-state index in [1.165, 1.54) is 16.9 Å². The number of fused-ring (bicyclic) bond motifs is 1. The minimum Gasteiger partial charge on any atom is -0.466 e. The molecule has 2 heterocycles. The number of hydrogen-bond acceptors (Lipinski definition) is 4. The molecule has 1 amide bonds. The summed E-state index contributed by atoms with van der Waals surface area (Å²) < 4.78 is 5.09. The van der Waals surface area contributed by atoms with Crippen molar-refractivity contribution in [3.05, 3.63) is 21.4 Å². The molecule has 1 aromatic heterocycles. The van der Waals surface area contributed by atoms with Gasteiger partial charge in [-0.05, 0) is 50.5 Å². The Hall–Kier alpha value is -1.36. The summed E-state index contributed by atoms with van der Waals surface area (Å²) in [7, 11) is 0. The summed E-state index contributed by atoms with van der Waals surface area (Å²) in [6.07, 6.45) is 4.75. The van der Waals surface area contributed by atoms with Gasteiger partial charge in [0.25, 0.3) is 5.91 Å². The van der Waals surface area contributed by atoms with Gasteiger partial charge in [0.2, 0.25) is 0 Å². The molecule has 0 spiro atoms. The number of rotatable bonds is 3. The van der Waals surface area contributed by atoms with Crippen LogP contribution in [0.3, 0.4) is 0 Å². The lowest BCUT2D eigenvalue weighted by Crippen LogP contribution is -2.40. The first kappa shape index (κ1) is 16.5. The summed E-state index contributed by atoms with van der Waals surface area (Å²) in [5.74, 6) is 0.724. The zero-order chi connectivity index (χ0) is 16.4. The van der Waals surface area contributed by atoms with Crippen LogP contribution in [0.25, 0.3) is 0 Å². The molecule has 0 radical (unpaired) electrons. The van der Waals surface area contributed by atoms with Crippen molar-refractivity contribution in [3.8, 4) is 0 Å². The quantitative estimate of drug-likeness (QED) is 0.796. The second-order valence-electron chi connectivity index (χ2n) is 6.72. The first-order valence-corrected chi connectivity index (χ1v) is 9.53. The van der Waals surface area contributed by atoms with Crippen LogP contribution >= 0.6 is 11.3 Å². The summed E-state index contributed by atoms with van der Waals surface area (Å²) in [5.41, 5.74) is 2.19. The fraction of sp³-hybridized carbons (Fsp3) is 0.667. The topological polar surface area (TPSA) is 46.6 Å².